The lowest BCUT2D eigenvalue weighted by atomic mass is 10.0. The minimum Gasteiger partial charge on any atom is -0.494 e. The topological polar surface area (TPSA) is 67.8 Å². The molecule has 0 atom stereocenters. The summed E-state index contributed by atoms with van der Waals surface area (Å²) in [6.07, 6.45) is 0.870. The highest BCUT2D eigenvalue weighted by Gasteiger charge is 2.02. The van der Waals surface area contributed by atoms with Crippen LogP contribution in [-0.4, -0.2) is 24.4 Å². The smallest absolute Gasteiger partial charge is 0.404 e. The van der Waals surface area contributed by atoms with E-state index >= 15 is 0 Å². The average Bonchev–Trinajstić information content (AvgIpc) is 2.78. The molecule has 5 nitrogen and oxygen atoms in total. The Kier molecular flexibility index (Phi) is 8.30. The van der Waals surface area contributed by atoms with Crippen molar-refractivity contribution in [2.24, 2.45) is 0 Å². The van der Waals surface area contributed by atoms with Crippen LogP contribution in [0.3, 0.4) is 0 Å². The summed E-state index contributed by atoms with van der Waals surface area (Å²) in [5.41, 5.74) is 4.24. The van der Waals surface area contributed by atoms with Crippen LogP contribution in [0.4, 0.5) is 4.79 Å². The van der Waals surface area contributed by atoms with Crippen molar-refractivity contribution < 1.29 is 19.4 Å². The van der Waals surface area contributed by atoms with E-state index in [0.29, 0.717) is 19.8 Å². The number of carboxylic acid groups (broad SMARTS) is 1. The molecule has 0 aliphatic carbocycles. The molecule has 0 aliphatic heterocycles. The van der Waals surface area contributed by atoms with Crippen molar-refractivity contribution in [3.05, 3.63) is 90.0 Å². The molecule has 3 aromatic carbocycles. The summed E-state index contributed by atoms with van der Waals surface area (Å²) >= 11 is 0. The normalized spacial score (nSPS) is 10.5. The van der Waals surface area contributed by atoms with Gasteiger partial charge in [0.1, 0.15) is 5.75 Å². The summed E-state index contributed by atoms with van der Waals surface area (Å²) in [5.74, 6) is 0.842. The first-order chi connectivity index (χ1) is 14.7. The first-order valence-electron chi connectivity index (χ1n) is 10.1. The quantitative estimate of drug-likeness (QED) is 0.414. The zero-order valence-corrected chi connectivity index (χ0v) is 16.9. The zero-order chi connectivity index (χ0) is 21.0. The average molecular weight is 405 g/mol. The van der Waals surface area contributed by atoms with Gasteiger partial charge in [-0.2, -0.15) is 0 Å². The second-order valence-corrected chi connectivity index (χ2v) is 6.98. The molecule has 3 aromatic rings. The van der Waals surface area contributed by atoms with Gasteiger partial charge < -0.3 is 19.9 Å². The van der Waals surface area contributed by atoms with E-state index in [9.17, 15) is 4.79 Å². The van der Waals surface area contributed by atoms with E-state index in [1.165, 1.54) is 5.56 Å². The molecule has 0 bridgehead atoms. The molecule has 5 heteroatoms. The van der Waals surface area contributed by atoms with Crippen molar-refractivity contribution in [1.82, 2.24) is 5.32 Å². The maximum Gasteiger partial charge on any atom is 0.404 e. The standard InChI is InChI=1S/C25H27NO4/c27-25(28)26-18-20-11-13-22(14-12-20)23-9-6-10-24(17-23)30-16-5-4-15-29-19-21-7-2-1-3-8-21/h1-3,6-14,17,26H,4-5,15-16,18-19H2,(H,27,28). The van der Waals surface area contributed by atoms with E-state index in [-0.39, 0.29) is 0 Å². The molecule has 0 aromatic heterocycles. The van der Waals surface area contributed by atoms with Gasteiger partial charge in [-0.15, -0.1) is 0 Å². The van der Waals surface area contributed by atoms with Crippen molar-refractivity contribution in [3.8, 4) is 16.9 Å². The van der Waals surface area contributed by atoms with Crippen LogP contribution in [0.25, 0.3) is 11.1 Å². The first kappa shape index (κ1) is 21.4. The summed E-state index contributed by atoms with van der Waals surface area (Å²) in [7, 11) is 0. The molecule has 0 heterocycles. The van der Waals surface area contributed by atoms with Gasteiger partial charge in [-0.05, 0) is 47.2 Å². The Morgan fingerprint density at radius 2 is 1.57 bits per heavy atom. The Labute approximate surface area is 177 Å². The molecule has 30 heavy (non-hydrogen) atoms. The van der Waals surface area contributed by atoms with Gasteiger partial charge in [0, 0.05) is 13.2 Å². The van der Waals surface area contributed by atoms with Crippen molar-refractivity contribution >= 4 is 6.09 Å². The van der Waals surface area contributed by atoms with Crippen molar-refractivity contribution in [3.63, 3.8) is 0 Å². The minimum absolute atomic E-state index is 0.299. The van der Waals surface area contributed by atoms with Crippen molar-refractivity contribution in [1.29, 1.82) is 0 Å². The molecule has 3 rings (SSSR count). The fraction of sp³-hybridized carbons (Fsp3) is 0.240. The molecule has 0 aliphatic rings. The number of carbonyl (C=O) groups is 1. The summed E-state index contributed by atoms with van der Waals surface area (Å²) in [5, 5.41) is 11.1. The molecule has 0 saturated heterocycles. The molecule has 1 amide bonds. The predicted octanol–water partition coefficient (Wildman–Crippen LogP) is 5.50. The number of unbranched alkanes of at least 4 members (excludes halogenated alkanes) is 1. The van der Waals surface area contributed by atoms with E-state index in [1.54, 1.807) is 0 Å². The van der Waals surface area contributed by atoms with Crippen LogP contribution in [0, 0.1) is 0 Å². The fourth-order valence-electron chi connectivity index (χ4n) is 3.02. The monoisotopic (exact) mass is 405 g/mol. The Hall–Kier alpha value is -3.31. The number of rotatable bonds is 11. The van der Waals surface area contributed by atoms with E-state index in [2.05, 4.69) is 17.4 Å². The highest BCUT2D eigenvalue weighted by Crippen LogP contribution is 2.24. The van der Waals surface area contributed by atoms with E-state index in [4.69, 9.17) is 14.6 Å². The number of hydrogen-bond acceptors (Lipinski definition) is 3. The van der Waals surface area contributed by atoms with Gasteiger partial charge in [0.15, 0.2) is 0 Å². The van der Waals surface area contributed by atoms with Crippen LogP contribution in [0.15, 0.2) is 78.9 Å². The predicted molar refractivity (Wildman–Crippen MR) is 118 cm³/mol. The fourth-order valence-corrected chi connectivity index (χ4v) is 3.02. The number of amides is 1. The van der Waals surface area contributed by atoms with Crippen LogP contribution >= 0.6 is 0 Å². The molecule has 0 saturated carbocycles. The molecule has 2 N–H and O–H groups in total. The maximum atomic E-state index is 10.6. The van der Waals surface area contributed by atoms with Crippen LogP contribution in [0.1, 0.15) is 24.0 Å². The third-order valence-electron chi connectivity index (χ3n) is 4.63. The molecule has 0 spiro atoms. The molecule has 0 unspecified atom stereocenters. The van der Waals surface area contributed by atoms with Crippen LogP contribution in [0.2, 0.25) is 0 Å². The maximum absolute atomic E-state index is 10.6. The van der Waals surface area contributed by atoms with Crippen LogP contribution in [0.5, 0.6) is 5.75 Å². The number of hydrogen-bond donors (Lipinski definition) is 2. The molecular weight excluding hydrogens is 378 g/mol. The summed E-state index contributed by atoms with van der Waals surface area (Å²) < 4.78 is 11.6. The van der Waals surface area contributed by atoms with Gasteiger partial charge in [0.05, 0.1) is 13.2 Å². The number of benzene rings is 3. The Morgan fingerprint density at radius 3 is 2.33 bits per heavy atom. The lowest BCUT2D eigenvalue weighted by molar-refractivity contribution is 0.113. The molecule has 0 fully saturated rings. The van der Waals surface area contributed by atoms with E-state index in [1.807, 2.05) is 66.7 Å². The van der Waals surface area contributed by atoms with E-state index in [0.717, 1.165) is 41.9 Å². The van der Waals surface area contributed by atoms with Gasteiger partial charge in [-0.1, -0.05) is 66.7 Å². The second-order valence-electron chi connectivity index (χ2n) is 6.98. The van der Waals surface area contributed by atoms with E-state index < -0.39 is 6.09 Å². The third kappa shape index (κ3) is 7.26. The van der Waals surface area contributed by atoms with Crippen molar-refractivity contribution in [2.45, 2.75) is 26.0 Å². The highest BCUT2D eigenvalue weighted by atomic mass is 16.5. The van der Waals surface area contributed by atoms with Gasteiger partial charge in [-0.3, -0.25) is 0 Å². The van der Waals surface area contributed by atoms with Crippen molar-refractivity contribution in [2.75, 3.05) is 13.2 Å². The molecular formula is C25H27NO4. The molecule has 156 valence electrons. The minimum atomic E-state index is -1.02. The Bertz CT molecular complexity index is 910. The third-order valence-corrected chi connectivity index (χ3v) is 4.63. The zero-order valence-electron chi connectivity index (χ0n) is 16.9. The highest BCUT2D eigenvalue weighted by molar-refractivity contribution is 5.66. The lowest BCUT2D eigenvalue weighted by Gasteiger charge is -2.09. The summed E-state index contributed by atoms with van der Waals surface area (Å²) in [6.45, 7) is 2.32. The van der Waals surface area contributed by atoms with Gasteiger partial charge in [-0.25, -0.2) is 4.79 Å². The Balaban J connectivity index is 1.39. The van der Waals surface area contributed by atoms with Crippen LogP contribution in [-0.2, 0) is 17.9 Å². The van der Waals surface area contributed by atoms with Crippen LogP contribution < -0.4 is 10.1 Å². The Morgan fingerprint density at radius 1 is 0.800 bits per heavy atom. The van der Waals surface area contributed by atoms with Gasteiger partial charge >= 0.3 is 6.09 Å². The largest absolute Gasteiger partial charge is 0.494 e. The summed E-state index contributed by atoms with van der Waals surface area (Å²) in [6, 6.07) is 26.0. The summed E-state index contributed by atoms with van der Waals surface area (Å²) in [4.78, 5) is 10.6. The lowest BCUT2D eigenvalue weighted by Crippen LogP contribution is -2.19. The number of ether oxygens (including phenoxy) is 2. The SMILES string of the molecule is O=C(O)NCc1ccc(-c2cccc(OCCCCOCc3ccccc3)c2)cc1. The van der Waals surface area contributed by atoms with Gasteiger partial charge in [0.25, 0.3) is 0 Å². The first-order valence-corrected chi connectivity index (χ1v) is 10.1. The molecule has 0 radical (unpaired) electrons. The number of nitrogens with one attached hydrogen (secondary N) is 1. The second kappa shape index (κ2) is 11.6. The van der Waals surface area contributed by atoms with Gasteiger partial charge in [0.2, 0.25) is 0 Å².